The second kappa shape index (κ2) is 7.29. The first-order chi connectivity index (χ1) is 8.91. The number of hydrogen-bond acceptors (Lipinski definition) is 2. The van der Waals surface area contributed by atoms with Gasteiger partial charge in [0.2, 0.25) is 0 Å². The van der Waals surface area contributed by atoms with Crippen molar-refractivity contribution in [2.45, 2.75) is 34.2 Å². The van der Waals surface area contributed by atoms with Gasteiger partial charge in [-0.2, -0.15) is 0 Å². The molecule has 1 aromatic carbocycles. The number of benzene rings is 1. The Hall–Kier alpha value is -1.35. The molecule has 0 radical (unpaired) electrons. The average Bonchev–Trinajstić information content (AvgIpc) is 2.34. The molecule has 0 heterocycles. The third-order valence-electron chi connectivity index (χ3n) is 3.62. The summed E-state index contributed by atoms with van der Waals surface area (Å²) in [6.07, 6.45) is 0. The normalized spacial score (nSPS) is 11.5. The van der Waals surface area contributed by atoms with Crippen molar-refractivity contribution in [1.82, 2.24) is 5.32 Å². The highest BCUT2D eigenvalue weighted by Crippen LogP contribution is 2.19. The Bertz CT molecular complexity index is 388. The summed E-state index contributed by atoms with van der Waals surface area (Å²) in [6, 6.07) is 7.05. The molecule has 0 amide bonds. The van der Waals surface area contributed by atoms with E-state index in [9.17, 15) is 4.79 Å². The van der Waals surface area contributed by atoms with Gasteiger partial charge in [-0.25, -0.2) is 4.79 Å². The van der Waals surface area contributed by atoms with Crippen LogP contribution in [-0.4, -0.2) is 17.6 Å². The zero-order chi connectivity index (χ0) is 14.4. The molecular weight excluding hydrogens is 238 g/mol. The maximum absolute atomic E-state index is 10.7. The Labute approximate surface area is 116 Å². The fourth-order valence-corrected chi connectivity index (χ4v) is 2.39. The van der Waals surface area contributed by atoms with Crippen LogP contribution in [0.2, 0.25) is 0 Å². The molecular formula is C16H25NO2. The molecule has 0 unspecified atom stereocenters. The van der Waals surface area contributed by atoms with Gasteiger partial charge in [-0.05, 0) is 42.0 Å². The van der Waals surface area contributed by atoms with Gasteiger partial charge < -0.3 is 10.4 Å². The second-order valence-electron chi connectivity index (χ2n) is 5.78. The molecule has 19 heavy (non-hydrogen) atoms. The summed E-state index contributed by atoms with van der Waals surface area (Å²) >= 11 is 0. The zero-order valence-electron chi connectivity index (χ0n) is 12.3. The predicted octanol–water partition coefficient (Wildman–Crippen LogP) is 3.40. The predicted molar refractivity (Wildman–Crippen MR) is 78.3 cm³/mol. The van der Waals surface area contributed by atoms with E-state index in [0.717, 1.165) is 18.7 Å². The van der Waals surface area contributed by atoms with E-state index >= 15 is 0 Å². The van der Waals surface area contributed by atoms with Crippen LogP contribution in [0.4, 0.5) is 0 Å². The van der Waals surface area contributed by atoms with Crippen LogP contribution in [0.15, 0.2) is 24.3 Å². The minimum absolute atomic E-state index is 0.339. The summed E-state index contributed by atoms with van der Waals surface area (Å²) in [5.41, 5.74) is 1.46. The van der Waals surface area contributed by atoms with Crippen LogP contribution in [-0.2, 0) is 6.54 Å². The Morgan fingerprint density at radius 2 is 1.63 bits per heavy atom. The molecule has 1 aromatic rings. The lowest BCUT2D eigenvalue weighted by Crippen LogP contribution is -2.29. The van der Waals surface area contributed by atoms with E-state index in [-0.39, 0.29) is 0 Å². The molecule has 2 N–H and O–H groups in total. The summed E-state index contributed by atoms with van der Waals surface area (Å²) in [4.78, 5) is 10.7. The summed E-state index contributed by atoms with van der Waals surface area (Å²) in [5, 5.41) is 12.3. The molecule has 0 saturated carbocycles. The van der Waals surface area contributed by atoms with Crippen molar-refractivity contribution in [2.24, 2.45) is 17.8 Å². The first-order valence-electron chi connectivity index (χ1n) is 6.94. The first-order valence-corrected chi connectivity index (χ1v) is 6.94. The van der Waals surface area contributed by atoms with Gasteiger partial charge in [0.25, 0.3) is 0 Å². The highest BCUT2D eigenvalue weighted by molar-refractivity contribution is 5.87. The molecule has 0 saturated heterocycles. The number of carboxylic acids is 1. The lowest BCUT2D eigenvalue weighted by molar-refractivity contribution is 0.0697. The molecule has 0 fully saturated rings. The van der Waals surface area contributed by atoms with Crippen LogP contribution in [0.1, 0.15) is 43.6 Å². The van der Waals surface area contributed by atoms with E-state index in [1.807, 2.05) is 12.1 Å². The highest BCUT2D eigenvalue weighted by Gasteiger charge is 2.16. The van der Waals surface area contributed by atoms with Crippen LogP contribution in [0, 0.1) is 17.8 Å². The van der Waals surface area contributed by atoms with Gasteiger partial charge in [-0.3, -0.25) is 0 Å². The molecule has 0 aromatic heterocycles. The third kappa shape index (κ3) is 5.03. The van der Waals surface area contributed by atoms with Crippen LogP contribution in [0.5, 0.6) is 0 Å². The quantitative estimate of drug-likeness (QED) is 0.792. The number of nitrogens with one attached hydrogen (secondary N) is 1. The maximum atomic E-state index is 10.7. The topological polar surface area (TPSA) is 49.3 Å². The fraction of sp³-hybridized carbons (Fsp3) is 0.562. The van der Waals surface area contributed by atoms with E-state index in [1.165, 1.54) is 0 Å². The van der Waals surface area contributed by atoms with Crippen molar-refractivity contribution < 1.29 is 9.90 Å². The van der Waals surface area contributed by atoms with Crippen molar-refractivity contribution in [3.8, 4) is 0 Å². The van der Waals surface area contributed by atoms with Gasteiger partial charge in [0, 0.05) is 6.54 Å². The molecule has 0 aliphatic rings. The van der Waals surface area contributed by atoms with Gasteiger partial charge in [-0.1, -0.05) is 39.8 Å². The third-order valence-corrected chi connectivity index (χ3v) is 3.62. The summed E-state index contributed by atoms with van der Waals surface area (Å²) < 4.78 is 0. The Balaban J connectivity index is 2.46. The maximum Gasteiger partial charge on any atom is 0.335 e. The number of carbonyl (C=O) groups is 1. The number of carboxylic acid groups (broad SMARTS) is 1. The fourth-order valence-electron chi connectivity index (χ4n) is 2.39. The molecule has 0 atom stereocenters. The van der Waals surface area contributed by atoms with Crippen LogP contribution >= 0.6 is 0 Å². The highest BCUT2D eigenvalue weighted by atomic mass is 16.4. The van der Waals surface area contributed by atoms with E-state index in [1.54, 1.807) is 12.1 Å². The summed E-state index contributed by atoms with van der Waals surface area (Å²) in [6.45, 7) is 10.8. The van der Waals surface area contributed by atoms with Crippen molar-refractivity contribution >= 4 is 5.97 Å². The van der Waals surface area contributed by atoms with Crippen molar-refractivity contribution in [2.75, 3.05) is 6.54 Å². The zero-order valence-corrected chi connectivity index (χ0v) is 12.3. The Morgan fingerprint density at radius 1 is 1.11 bits per heavy atom. The number of hydrogen-bond donors (Lipinski definition) is 2. The molecule has 106 valence electrons. The van der Waals surface area contributed by atoms with Gasteiger partial charge in [-0.15, -0.1) is 0 Å². The van der Waals surface area contributed by atoms with Gasteiger partial charge in [0.1, 0.15) is 0 Å². The van der Waals surface area contributed by atoms with Gasteiger partial charge in [0.15, 0.2) is 0 Å². The molecule has 0 aliphatic heterocycles. The van der Waals surface area contributed by atoms with E-state index in [2.05, 4.69) is 33.0 Å². The molecule has 0 bridgehead atoms. The molecule has 3 heteroatoms. The SMILES string of the molecule is CC(C)C(CNCc1ccc(C(=O)O)cc1)C(C)C. The molecule has 1 rings (SSSR count). The standard InChI is InChI=1S/C16H25NO2/c1-11(2)15(12(3)4)10-17-9-13-5-7-14(8-6-13)16(18)19/h5-8,11-12,15,17H,9-10H2,1-4H3,(H,18,19). The van der Waals surface area contributed by atoms with Crippen LogP contribution < -0.4 is 5.32 Å². The molecule has 0 spiro atoms. The van der Waals surface area contributed by atoms with Gasteiger partial charge >= 0.3 is 5.97 Å². The molecule has 3 nitrogen and oxygen atoms in total. The van der Waals surface area contributed by atoms with Crippen molar-refractivity contribution in [1.29, 1.82) is 0 Å². The minimum atomic E-state index is -0.876. The monoisotopic (exact) mass is 263 g/mol. The van der Waals surface area contributed by atoms with Crippen LogP contribution in [0.25, 0.3) is 0 Å². The van der Waals surface area contributed by atoms with Crippen molar-refractivity contribution in [3.05, 3.63) is 35.4 Å². The summed E-state index contributed by atoms with van der Waals surface area (Å²) in [5.74, 6) is 1.13. The van der Waals surface area contributed by atoms with E-state index in [4.69, 9.17) is 5.11 Å². The second-order valence-corrected chi connectivity index (χ2v) is 5.78. The first kappa shape index (κ1) is 15.7. The lowest BCUT2D eigenvalue weighted by atomic mass is 9.85. The largest absolute Gasteiger partial charge is 0.478 e. The van der Waals surface area contributed by atoms with Gasteiger partial charge in [0.05, 0.1) is 5.56 Å². The molecule has 0 aliphatic carbocycles. The number of rotatable bonds is 7. The Kier molecular flexibility index (Phi) is 6.03. The van der Waals surface area contributed by atoms with Crippen LogP contribution in [0.3, 0.4) is 0 Å². The average molecular weight is 263 g/mol. The summed E-state index contributed by atoms with van der Waals surface area (Å²) in [7, 11) is 0. The Morgan fingerprint density at radius 3 is 2.05 bits per heavy atom. The smallest absolute Gasteiger partial charge is 0.335 e. The minimum Gasteiger partial charge on any atom is -0.478 e. The van der Waals surface area contributed by atoms with Crippen molar-refractivity contribution in [3.63, 3.8) is 0 Å². The number of aromatic carboxylic acids is 1. The van der Waals surface area contributed by atoms with E-state index < -0.39 is 5.97 Å². The lowest BCUT2D eigenvalue weighted by Gasteiger charge is -2.25. The van der Waals surface area contributed by atoms with E-state index in [0.29, 0.717) is 23.3 Å².